The van der Waals surface area contributed by atoms with E-state index in [1.54, 1.807) is 19.1 Å². The lowest BCUT2D eigenvalue weighted by molar-refractivity contribution is 0.124. The van der Waals surface area contributed by atoms with Gasteiger partial charge in [0.25, 0.3) is 0 Å². The SMILES string of the molecule is Cc1cc(OC2CCCN(S(=O)(=O)c3cc(Cl)ccc3Cl)C2)nc(C)n1. The lowest BCUT2D eigenvalue weighted by Crippen LogP contribution is -2.44. The Morgan fingerprint density at radius 2 is 1.96 bits per heavy atom. The Hall–Kier alpha value is -1.41. The third kappa shape index (κ3) is 4.28. The maximum absolute atomic E-state index is 13.0. The lowest BCUT2D eigenvalue weighted by atomic mass is 10.1. The first-order valence-corrected chi connectivity index (χ1v) is 10.4. The van der Waals surface area contributed by atoms with Crippen molar-refractivity contribution >= 4 is 33.2 Å². The van der Waals surface area contributed by atoms with Crippen molar-refractivity contribution in [3.63, 3.8) is 0 Å². The maximum atomic E-state index is 13.0. The van der Waals surface area contributed by atoms with Crippen LogP contribution < -0.4 is 4.74 Å². The Bertz CT molecular complexity index is 901. The van der Waals surface area contributed by atoms with Crippen molar-refractivity contribution in [1.82, 2.24) is 14.3 Å². The number of aryl methyl sites for hydroxylation is 2. The number of nitrogens with zero attached hydrogens (tertiary/aromatic N) is 3. The van der Waals surface area contributed by atoms with E-state index in [9.17, 15) is 8.42 Å². The number of benzene rings is 1. The molecule has 3 rings (SSSR count). The van der Waals surface area contributed by atoms with Crippen molar-refractivity contribution in [2.75, 3.05) is 13.1 Å². The number of ether oxygens (including phenoxy) is 1. The molecule has 0 N–H and O–H groups in total. The highest BCUT2D eigenvalue weighted by Gasteiger charge is 2.32. The Morgan fingerprint density at radius 1 is 1.19 bits per heavy atom. The molecule has 26 heavy (non-hydrogen) atoms. The predicted molar refractivity (Wildman–Crippen MR) is 100 cm³/mol. The normalized spacial score (nSPS) is 18.7. The summed E-state index contributed by atoms with van der Waals surface area (Å²) in [6.07, 6.45) is 1.15. The Balaban J connectivity index is 1.80. The molecule has 1 atom stereocenters. The van der Waals surface area contributed by atoms with Crippen LogP contribution in [0.3, 0.4) is 0 Å². The largest absolute Gasteiger partial charge is 0.473 e. The highest BCUT2D eigenvalue weighted by atomic mass is 35.5. The summed E-state index contributed by atoms with van der Waals surface area (Å²) in [6, 6.07) is 6.17. The average molecular weight is 416 g/mol. The van der Waals surface area contributed by atoms with Crippen LogP contribution in [0.1, 0.15) is 24.4 Å². The van der Waals surface area contributed by atoms with Gasteiger partial charge in [0.05, 0.1) is 11.6 Å². The fourth-order valence-electron chi connectivity index (χ4n) is 2.95. The molecule has 2 heterocycles. The van der Waals surface area contributed by atoms with Crippen LogP contribution in [-0.2, 0) is 10.0 Å². The Labute approximate surface area is 163 Å². The van der Waals surface area contributed by atoms with E-state index < -0.39 is 10.0 Å². The van der Waals surface area contributed by atoms with E-state index in [1.165, 1.54) is 16.4 Å². The van der Waals surface area contributed by atoms with Crippen molar-refractivity contribution < 1.29 is 13.2 Å². The van der Waals surface area contributed by atoms with E-state index in [0.29, 0.717) is 29.7 Å². The van der Waals surface area contributed by atoms with Gasteiger partial charge < -0.3 is 4.74 Å². The quantitative estimate of drug-likeness (QED) is 0.761. The van der Waals surface area contributed by atoms with Gasteiger partial charge >= 0.3 is 0 Å². The molecule has 0 saturated carbocycles. The summed E-state index contributed by atoms with van der Waals surface area (Å²) in [6.45, 7) is 4.29. The minimum Gasteiger partial charge on any atom is -0.473 e. The monoisotopic (exact) mass is 415 g/mol. The number of hydrogen-bond acceptors (Lipinski definition) is 5. The Kier molecular flexibility index (Phi) is 5.72. The number of halogens is 2. The molecular formula is C17H19Cl2N3O3S. The molecule has 0 aliphatic carbocycles. The van der Waals surface area contributed by atoms with Crippen LogP contribution in [0.15, 0.2) is 29.2 Å². The summed E-state index contributed by atoms with van der Waals surface area (Å²) in [7, 11) is -3.75. The van der Waals surface area contributed by atoms with Gasteiger partial charge in [0, 0.05) is 23.3 Å². The lowest BCUT2D eigenvalue weighted by Gasteiger charge is -2.32. The van der Waals surface area contributed by atoms with E-state index >= 15 is 0 Å². The summed E-state index contributed by atoms with van der Waals surface area (Å²) >= 11 is 12.0. The first-order chi connectivity index (χ1) is 12.3. The summed E-state index contributed by atoms with van der Waals surface area (Å²) in [5.41, 5.74) is 0.804. The molecule has 9 heteroatoms. The third-order valence-corrected chi connectivity index (χ3v) is 6.66. The van der Waals surface area contributed by atoms with Crippen LogP contribution in [0.2, 0.25) is 10.0 Å². The van der Waals surface area contributed by atoms with Gasteiger partial charge in [-0.05, 0) is 44.9 Å². The van der Waals surface area contributed by atoms with Crippen LogP contribution >= 0.6 is 23.2 Å². The van der Waals surface area contributed by atoms with Crippen molar-refractivity contribution in [1.29, 1.82) is 0 Å². The number of sulfonamides is 1. The van der Waals surface area contributed by atoms with Crippen LogP contribution in [0.4, 0.5) is 0 Å². The van der Waals surface area contributed by atoms with Crippen molar-refractivity contribution in [2.45, 2.75) is 37.7 Å². The zero-order valence-corrected chi connectivity index (χ0v) is 16.8. The molecule has 0 radical (unpaired) electrons. The molecule has 0 bridgehead atoms. The molecule has 1 aliphatic rings. The minimum absolute atomic E-state index is 0.0149. The van der Waals surface area contributed by atoms with Crippen molar-refractivity contribution in [2.24, 2.45) is 0 Å². The second kappa shape index (κ2) is 7.68. The highest BCUT2D eigenvalue weighted by molar-refractivity contribution is 7.89. The molecular weight excluding hydrogens is 397 g/mol. The van der Waals surface area contributed by atoms with Gasteiger partial charge in [-0.2, -0.15) is 9.29 Å². The molecule has 0 amide bonds. The second-order valence-electron chi connectivity index (χ2n) is 6.21. The minimum atomic E-state index is -3.75. The molecule has 1 unspecified atom stereocenters. The van der Waals surface area contributed by atoms with Crippen molar-refractivity contribution in [3.05, 3.63) is 45.8 Å². The number of hydrogen-bond donors (Lipinski definition) is 0. The molecule has 1 aliphatic heterocycles. The van der Waals surface area contributed by atoms with E-state index in [1.807, 2.05) is 6.92 Å². The summed E-state index contributed by atoms with van der Waals surface area (Å²) < 4.78 is 33.2. The van der Waals surface area contributed by atoms with Gasteiger partial charge in [-0.15, -0.1) is 0 Å². The molecule has 1 aromatic heterocycles. The molecule has 1 saturated heterocycles. The van der Waals surface area contributed by atoms with Crippen LogP contribution in [-0.4, -0.2) is 41.9 Å². The van der Waals surface area contributed by atoms with Gasteiger partial charge in [0.15, 0.2) is 0 Å². The molecule has 0 spiro atoms. The van der Waals surface area contributed by atoms with E-state index in [-0.39, 0.29) is 22.6 Å². The fourth-order valence-corrected chi connectivity index (χ4v) is 5.19. The zero-order valence-electron chi connectivity index (χ0n) is 14.4. The first kappa shape index (κ1) is 19.4. The van der Waals surface area contributed by atoms with Gasteiger partial charge in [-0.25, -0.2) is 13.4 Å². The zero-order chi connectivity index (χ0) is 18.9. The predicted octanol–water partition coefficient (Wildman–Crippen LogP) is 3.63. The molecule has 1 aromatic carbocycles. The molecule has 2 aromatic rings. The van der Waals surface area contributed by atoms with Crippen molar-refractivity contribution in [3.8, 4) is 5.88 Å². The maximum Gasteiger partial charge on any atom is 0.244 e. The number of aromatic nitrogens is 2. The van der Waals surface area contributed by atoms with E-state index in [0.717, 1.165) is 12.1 Å². The van der Waals surface area contributed by atoms with E-state index in [2.05, 4.69) is 9.97 Å². The number of rotatable bonds is 4. The van der Waals surface area contributed by atoms with E-state index in [4.69, 9.17) is 27.9 Å². The topological polar surface area (TPSA) is 72.4 Å². The summed E-state index contributed by atoms with van der Waals surface area (Å²) in [4.78, 5) is 8.49. The smallest absolute Gasteiger partial charge is 0.244 e. The van der Waals surface area contributed by atoms with Gasteiger partial charge in [-0.3, -0.25) is 0 Å². The van der Waals surface area contributed by atoms with Gasteiger partial charge in [0.1, 0.15) is 16.8 Å². The highest BCUT2D eigenvalue weighted by Crippen LogP contribution is 2.30. The standard InChI is InChI=1S/C17H19Cl2N3O3S/c1-11-8-17(21-12(2)20-11)25-14-4-3-7-22(10-14)26(23,24)16-9-13(18)5-6-15(16)19/h5-6,8-9,14H,3-4,7,10H2,1-2H3. The average Bonchev–Trinajstić information content (AvgIpc) is 2.56. The number of piperidine rings is 1. The third-order valence-electron chi connectivity index (χ3n) is 4.08. The first-order valence-electron chi connectivity index (χ1n) is 8.20. The fraction of sp³-hybridized carbons (Fsp3) is 0.412. The molecule has 140 valence electrons. The van der Waals surface area contributed by atoms with Crippen LogP contribution in [0, 0.1) is 13.8 Å². The van der Waals surface area contributed by atoms with Crippen LogP contribution in [0.25, 0.3) is 0 Å². The van der Waals surface area contributed by atoms with Gasteiger partial charge in [0.2, 0.25) is 15.9 Å². The Morgan fingerprint density at radius 3 is 2.69 bits per heavy atom. The summed E-state index contributed by atoms with van der Waals surface area (Å²) in [5.74, 6) is 1.08. The van der Waals surface area contributed by atoms with Crippen LogP contribution in [0.5, 0.6) is 5.88 Å². The molecule has 6 nitrogen and oxygen atoms in total. The summed E-state index contributed by atoms with van der Waals surface area (Å²) in [5, 5.41) is 0.476. The van der Waals surface area contributed by atoms with Gasteiger partial charge in [-0.1, -0.05) is 23.2 Å². The molecule has 1 fully saturated rings. The second-order valence-corrected chi connectivity index (χ2v) is 8.96.